The van der Waals surface area contributed by atoms with Gasteiger partial charge in [-0.05, 0) is 25.8 Å². The lowest BCUT2D eigenvalue weighted by Crippen LogP contribution is -2.33. The molecule has 0 saturated carbocycles. The van der Waals surface area contributed by atoms with E-state index in [2.05, 4.69) is 0 Å². The lowest BCUT2D eigenvalue weighted by Gasteiger charge is -2.19. The van der Waals surface area contributed by atoms with Crippen LogP contribution >= 0.6 is 11.3 Å². The van der Waals surface area contributed by atoms with Crippen LogP contribution < -0.4 is 0 Å². The van der Waals surface area contributed by atoms with Gasteiger partial charge in [-0.1, -0.05) is 0 Å². The fourth-order valence-electron chi connectivity index (χ4n) is 1.98. The van der Waals surface area contributed by atoms with Crippen LogP contribution in [0.4, 0.5) is 0 Å². The maximum absolute atomic E-state index is 12.2. The van der Waals surface area contributed by atoms with Gasteiger partial charge in [0.2, 0.25) is 10.0 Å². The van der Waals surface area contributed by atoms with E-state index >= 15 is 0 Å². The molecule has 1 aromatic heterocycles. The average Bonchev–Trinajstić information content (AvgIpc) is 2.85. The van der Waals surface area contributed by atoms with Crippen LogP contribution in [0.15, 0.2) is 16.3 Å². The summed E-state index contributed by atoms with van der Waals surface area (Å²) in [6.07, 6.45) is 1.85. The Morgan fingerprint density at radius 2 is 2.38 bits per heavy atom. The minimum absolute atomic E-state index is 0.0856. The van der Waals surface area contributed by atoms with E-state index in [0.29, 0.717) is 16.3 Å². The highest BCUT2D eigenvalue weighted by atomic mass is 32.2. The van der Waals surface area contributed by atoms with Crippen LogP contribution in [-0.4, -0.2) is 30.4 Å². The van der Waals surface area contributed by atoms with Gasteiger partial charge in [-0.25, -0.2) is 8.42 Å². The molecule has 0 bridgehead atoms. The van der Waals surface area contributed by atoms with Gasteiger partial charge < -0.3 is 5.11 Å². The van der Waals surface area contributed by atoms with E-state index in [9.17, 15) is 8.42 Å². The molecule has 1 N–H and O–H groups in total. The summed E-state index contributed by atoms with van der Waals surface area (Å²) in [7, 11) is -3.34. The van der Waals surface area contributed by atoms with Gasteiger partial charge in [0.1, 0.15) is 0 Å². The molecule has 1 atom stereocenters. The Morgan fingerprint density at radius 1 is 1.62 bits per heavy atom. The summed E-state index contributed by atoms with van der Waals surface area (Å²) in [6, 6.07) is 1.65. The van der Waals surface area contributed by atoms with Gasteiger partial charge in [0.25, 0.3) is 0 Å². The number of hydrogen-bond donors (Lipinski definition) is 1. The minimum atomic E-state index is -3.34. The number of aliphatic hydroxyl groups is 1. The van der Waals surface area contributed by atoms with E-state index in [1.54, 1.807) is 15.8 Å². The first-order valence-electron chi connectivity index (χ1n) is 5.26. The maximum atomic E-state index is 12.2. The molecule has 1 unspecified atom stereocenters. The van der Waals surface area contributed by atoms with Gasteiger partial charge in [-0.2, -0.15) is 4.31 Å². The highest BCUT2D eigenvalue weighted by Crippen LogP contribution is 2.28. The summed E-state index contributed by atoms with van der Waals surface area (Å²) in [6.45, 7) is 2.44. The number of nitrogens with zero attached hydrogens (tertiary/aromatic N) is 1. The largest absolute Gasteiger partial charge is 0.391 e. The molecule has 0 spiro atoms. The first-order valence-corrected chi connectivity index (χ1v) is 7.58. The predicted molar refractivity (Wildman–Crippen MR) is 62.8 cm³/mol. The summed E-state index contributed by atoms with van der Waals surface area (Å²) in [4.78, 5) is 1.00. The quantitative estimate of drug-likeness (QED) is 0.895. The van der Waals surface area contributed by atoms with Crippen LogP contribution in [0.2, 0.25) is 0 Å². The van der Waals surface area contributed by atoms with Crippen LogP contribution in [-0.2, 0) is 16.6 Å². The second kappa shape index (κ2) is 4.44. The molecule has 6 heteroatoms. The Labute approximate surface area is 99.6 Å². The van der Waals surface area contributed by atoms with E-state index < -0.39 is 10.0 Å². The zero-order valence-corrected chi connectivity index (χ0v) is 10.7. The van der Waals surface area contributed by atoms with Crippen molar-refractivity contribution in [2.45, 2.75) is 37.3 Å². The van der Waals surface area contributed by atoms with Crippen LogP contribution in [0.3, 0.4) is 0 Å². The third-order valence-electron chi connectivity index (χ3n) is 2.88. The van der Waals surface area contributed by atoms with Gasteiger partial charge in [0.05, 0.1) is 11.5 Å². The first kappa shape index (κ1) is 12.0. The molecular formula is C10H15NO3S2. The second-order valence-corrected chi connectivity index (χ2v) is 6.90. The van der Waals surface area contributed by atoms with E-state index in [1.165, 1.54) is 11.3 Å². The van der Waals surface area contributed by atoms with Crippen molar-refractivity contribution in [2.75, 3.05) is 6.54 Å². The molecule has 4 nitrogen and oxygen atoms in total. The fraction of sp³-hybridized carbons (Fsp3) is 0.600. The summed E-state index contributed by atoms with van der Waals surface area (Å²) in [5, 5.41) is 10.5. The third-order valence-corrected chi connectivity index (χ3v) is 5.95. The van der Waals surface area contributed by atoms with Crippen molar-refractivity contribution in [1.29, 1.82) is 0 Å². The van der Waals surface area contributed by atoms with E-state index in [0.717, 1.165) is 12.8 Å². The zero-order chi connectivity index (χ0) is 11.8. The molecule has 1 aliphatic rings. The highest BCUT2D eigenvalue weighted by molar-refractivity contribution is 7.89. The van der Waals surface area contributed by atoms with Gasteiger partial charge >= 0.3 is 0 Å². The van der Waals surface area contributed by atoms with Crippen molar-refractivity contribution in [3.05, 3.63) is 16.3 Å². The molecule has 0 aromatic carbocycles. The van der Waals surface area contributed by atoms with E-state index in [4.69, 9.17) is 5.11 Å². The molecule has 0 radical (unpaired) electrons. The Bertz CT molecular complexity index is 466. The average molecular weight is 261 g/mol. The van der Waals surface area contributed by atoms with Crippen LogP contribution in [0.1, 0.15) is 24.6 Å². The molecule has 1 aliphatic heterocycles. The monoisotopic (exact) mass is 261 g/mol. The number of aliphatic hydroxyl groups excluding tert-OH is 1. The molecule has 0 aliphatic carbocycles. The highest BCUT2D eigenvalue weighted by Gasteiger charge is 2.32. The summed E-state index contributed by atoms with van der Waals surface area (Å²) < 4.78 is 26.0. The van der Waals surface area contributed by atoms with Crippen molar-refractivity contribution in [1.82, 2.24) is 4.31 Å². The van der Waals surface area contributed by atoms with Crippen molar-refractivity contribution in [2.24, 2.45) is 0 Å². The molecule has 2 heterocycles. The zero-order valence-electron chi connectivity index (χ0n) is 9.09. The lowest BCUT2D eigenvalue weighted by atomic mass is 10.3. The third kappa shape index (κ3) is 2.02. The standard InChI is InChI=1S/C10H15NO3S2/c1-8-3-2-4-11(8)16(13,14)10-5-9(6-12)15-7-10/h5,7-8,12H,2-4,6H2,1H3. The minimum Gasteiger partial charge on any atom is -0.391 e. The Morgan fingerprint density at radius 3 is 2.88 bits per heavy atom. The first-order chi connectivity index (χ1) is 7.55. The molecule has 1 saturated heterocycles. The van der Waals surface area contributed by atoms with Gasteiger partial charge in [0.15, 0.2) is 0 Å². The SMILES string of the molecule is CC1CCCN1S(=O)(=O)c1csc(CO)c1. The summed E-state index contributed by atoms with van der Waals surface area (Å²) >= 11 is 1.28. The van der Waals surface area contributed by atoms with E-state index in [-0.39, 0.29) is 12.6 Å². The predicted octanol–water partition coefficient (Wildman–Crippen LogP) is 1.41. The molecule has 16 heavy (non-hydrogen) atoms. The Kier molecular flexibility index (Phi) is 3.34. The fourth-order valence-corrected chi connectivity index (χ4v) is 4.80. The topological polar surface area (TPSA) is 57.6 Å². The lowest BCUT2D eigenvalue weighted by molar-refractivity contribution is 0.285. The number of thiophene rings is 1. The number of sulfonamides is 1. The van der Waals surface area contributed by atoms with Crippen molar-refractivity contribution in [3.8, 4) is 0 Å². The molecule has 1 aromatic rings. The smallest absolute Gasteiger partial charge is 0.244 e. The second-order valence-electron chi connectivity index (χ2n) is 4.01. The van der Waals surface area contributed by atoms with Crippen LogP contribution in [0, 0.1) is 0 Å². The molecule has 90 valence electrons. The van der Waals surface area contributed by atoms with Crippen LogP contribution in [0.5, 0.6) is 0 Å². The van der Waals surface area contributed by atoms with Crippen LogP contribution in [0.25, 0.3) is 0 Å². The molecule has 0 amide bonds. The normalized spacial score (nSPS) is 22.8. The van der Waals surface area contributed by atoms with Gasteiger partial charge in [-0.3, -0.25) is 0 Å². The van der Waals surface area contributed by atoms with Gasteiger partial charge in [0, 0.05) is 22.8 Å². The molecular weight excluding hydrogens is 246 g/mol. The number of rotatable bonds is 3. The Balaban J connectivity index is 2.31. The molecule has 1 fully saturated rings. The Hall–Kier alpha value is -0.430. The van der Waals surface area contributed by atoms with Crippen molar-refractivity contribution >= 4 is 21.4 Å². The summed E-state index contributed by atoms with van der Waals surface area (Å²) in [5.74, 6) is 0. The van der Waals surface area contributed by atoms with Crippen molar-refractivity contribution in [3.63, 3.8) is 0 Å². The molecule has 2 rings (SSSR count). The van der Waals surface area contributed by atoms with Crippen molar-refractivity contribution < 1.29 is 13.5 Å². The number of hydrogen-bond acceptors (Lipinski definition) is 4. The van der Waals surface area contributed by atoms with Gasteiger partial charge in [-0.15, -0.1) is 11.3 Å². The summed E-state index contributed by atoms with van der Waals surface area (Å²) in [5.41, 5.74) is 0. The maximum Gasteiger partial charge on any atom is 0.244 e. The van der Waals surface area contributed by atoms with E-state index in [1.807, 2.05) is 6.92 Å².